The number of benzene rings is 1. The van der Waals surface area contributed by atoms with Crippen molar-refractivity contribution in [1.29, 1.82) is 0 Å². The third-order valence-corrected chi connectivity index (χ3v) is 4.21. The highest BCUT2D eigenvalue weighted by Gasteiger charge is 2.36. The third-order valence-electron chi connectivity index (χ3n) is 3.92. The average molecular weight is 295 g/mol. The molecule has 0 amide bonds. The molecule has 2 aliphatic carbocycles. The number of anilines is 2. The van der Waals surface area contributed by atoms with E-state index >= 15 is 0 Å². The van der Waals surface area contributed by atoms with Crippen LogP contribution in [0.2, 0.25) is 5.02 Å². The lowest BCUT2D eigenvalue weighted by Gasteiger charge is -2.28. The molecule has 2 saturated carbocycles. The van der Waals surface area contributed by atoms with Gasteiger partial charge in [0.1, 0.15) is 0 Å². The summed E-state index contributed by atoms with van der Waals surface area (Å²) in [6.45, 7) is 0.971. The monoisotopic (exact) mass is 294 g/mol. The van der Waals surface area contributed by atoms with Crippen LogP contribution < -0.4 is 10.6 Å². The second-order valence-corrected chi connectivity index (χ2v) is 6.12. The Labute approximate surface area is 123 Å². The molecule has 5 heteroatoms. The second kappa shape index (κ2) is 5.17. The first-order chi connectivity index (χ1) is 9.60. The molecule has 0 aliphatic heterocycles. The molecule has 20 heavy (non-hydrogen) atoms. The Hall–Kier alpha value is -1.42. The normalized spacial score (nSPS) is 17.9. The molecule has 2 aliphatic rings. The Balaban J connectivity index is 2.01. The van der Waals surface area contributed by atoms with Crippen molar-refractivity contribution in [1.82, 2.24) is 0 Å². The third kappa shape index (κ3) is 2.70. The van der Waals surface area contributed by atoms with E-state index < -0.39 is 0 Å². The van der Waals surface area contributed by atoms with Crippen molar-refractivity contribution in [2.75, 3.05) is 24.3 Å². The molecule has 108 valence electrons. The summed E-state index contributed by atoms with van der Waals surface area (Å²) >= 11 is 6.38. The molecule has 0 bridgehead atoms. The van der Waals surface area contributed by atoms with Gasteiger partial charge in [-0.3, -0.25) is 0 Å². The lowest BCUT2D eigenvalue weighted by Crippen LogP contribution is -2.30. The van der Waals surface area contributed by atoms with Crippen LogP contribution in [0.5, 0.6) is 0 Å². The number of methoxy groups -OCH3 is 1. The minimum Gasteiger partial charge on any atom is -0.465 e. The van der Waals surface area contributed by atoms with Crippen LogP contribution in [0.4, 0.5) is 11.4 Å². The summed E-state index contributed by atoms with van der Waals surface area (Å²) in [5, 5.41) is 0.540. The summed E-state index contributed by atoms with van der Waals surface area (Å²) in [5.74, 6) is 0.352. The summed E-state index contributed by atoms with van der Waals surface area (Å²) < 4.78 is 4.88. The standard InChI is InChI=1S/C15H19ClN2O2/c1-20-15(19)12-6-10(17)7-13(16)14(12)18(11-4-5-11)8-9-2-3-9/h6-7,9,11H,2-5,8,17H2,1H3. The highest BCUT2D eigenvalue weighted by atomic mass is 35.5. The van der Waals surface area contributed by atoms with E-state index in [2.05, 4.69) is 4.90 Å². The van der Waals surface area contributed by atoms with Gasteiger partial charge in [-0.25, -0.2) is 4.79 Å². The molecule has 1 aromatic carbocycles. The van der Waals surface area contributed by atoms with Crippen LogP contribution in [-0.4, -0.2) is 25.7 Å². The van der Waals surface area contributed by atoms with Gasteiger partial charge in [-0.2, -0.15) is 0 Å². The molecule has 2 N–H and O–H groups in total. The molecule has 4 nitrogen and oxygen atoms in total. The number of nitrogens with two attached hydrogens (primary N) is 1. The van der Waals surface area contributed by atoms with Crippen molar-refractivity contribution in [2.45, 2.75) is 31.7 Å². The van der Waals surface area contributed by atoms with Gasteiger partial charge in [0, 0.05) is 18.3 Å². The molecule has 2 fully saturated rings. The quantitative estimate of drug-likeness (QED) is 0.670. The predicted octanol–water partition coefficient (Wildman–Crippen LogP) is 3.09. The molecule has 0 unspecified atom stereocenters. The number of hydrogen-bond donors (Lipinski definition) is 1. The number of nitrogens with zero attached hydrogens (tertiary/aromatic N) is 1. The number of esters is 1. The van der Waals surface area contributed by atoms with Gasteiger partial charge in [0.15, 0.2) is 0 Å². The van der Waals surface area contributed by atoms with Gasteiger partial charge in [-0.1, -0.05) is 11.6 Å². The van der Waals surface area contributed by atoms with E-state index in [-0.39, 0.29) is 5.97 Å². The van der Waals surface area contributed by atoms with Gasteiger partial charge in [0.25, 0.3) is 0 Å². The van der Waals surface area contributed by atoms with Crippen LogP contribution in [0.15, 0.2) is 12.1 Å². The Morgan fingerprint density at radius 3 is 2.65 bits per heavy atom. The predicted molar refractivity (Wildman–Crippen MR) is 80.3 cm³/mol. The molecule has 0 saturated heterocycles. The molecule has 0 radical (unpaired) electrons. The van der Waals surface area contributed by atoms with Crippen LogP contribution in [0.25, 0.3) is 0 Å². The molecule has 3 rings (SSSR count). The summed E-state index contributed by atoms with van der Waals surface area (Å²) in [5.41, 5.74) is 7.57. The number of rotatable bonds is 5. The molecule has 1 aromatic rings. The number of carbonyl (C=O) groups excluding carboxylic acids is 1. The zero-order chi connectivity index (χ0) is 14.3. The van der Waals surface area contributed by atoms with Gasteiger partial charge in [0.2, 0.25) is 0 Å². The Morgan fingerprint density at radius 1 is 1.40 bits per heavy atom. The highest BCUT2D eigenvalue weighted by molar-refractivity contribution is 6.34. The number of carbonyl (C=O) groups is 1. The first-order valence-corrected chi connectivity index (χ1v) is 7.42. The van der Waals surface area contributed by atoms with E-state index in [9.17, 15) is 4.79 Å². The van der Waals surface area contributed by atoms with Crippen molar-refractivity contribution in [2.24, 2.45) is 5.92 Å². The topological polar surface area (TPSA) is 55.6 Å². The van der Waals surface area contributed by atoms with Gasteiger partial charge >= 0.3 is 5.97 Å². The Kier molecular flexibility index (Phi) is 3.50. The summed E-state index contributed by atoms with van der Waals surface area (Å²) in [7, 11) is 1.38. The minimum atomic E-state index is -0.379. The molecule has 0 spiro atoms. The van der Waals surface area contributed by atoms with E-state index in [4.69, 9.17) is 22.1 Å². The summed E-state index contributed by atoms with van der Waals surface area (Å²) in [6, 6.07) is 3.88. The van der Waals surface area contributed by atoms with Crippen LogP contribution >= 0.6 is 11.6 Å². The summed E-state index contributed by atoms with van der Waals surface area (Å²) in [4.78, 5) is 14.3. The lowest BCUT2D eigenvalue weighted by molar-refractivity contribution is 0.0601. The fourth-order valence-electron chi connectivity index (χ4n) is 2.57. The van der Waals surface area contributed by atoms with Crippen molar-refractivity contribution in [3.8, 4) is 0 Å². The number of hydrogen-bond acceptors (Lipinski definition) is 4. The molecule has 0 atom stereocenters. The van der Waals surface area contributed by atoms with Gasteiger partial charge < -0.3 is 15.4 Å². The minimum absolute atomic E-state index is 0.379. The van der Waals surface area contributed by atoms with Crippen molar-refractivity contribution < 1.29 is 9.53 Å². The van der Waals surface area contributed by atoms with E-state index in [1.807, 2.05) is 0 Å². The smallest absolute Gasteiger partial charge is 0.340 e. The van der Waals surface area contributed by atoms with Crippen LogP contribution in [0, 0.1) is 5.92 Å². The molecular weight excluding hydrogens is 276 g/mol. The highest BCUT2D eigenvalue weighted by Crippen LogP contribution is 2.42. The fraction of sp³-hybridized carbons (Fsp3) is 0.533. The Morgan fingerprint density at radius 2 is 2.10 bits per heavy atom. The van der Waals surface area contributed by atoms with Crippen LogP contribution in [-0.2, 0) is 4.74 Å². The van der Waals surface area contributed by atoms with E-state index in [1.165, 1.54) is 20.0 Å². The van der Waals surface area contributed by atoms with Gasteiger partial charge in [0.05, 0.1) is 23.4 Å². The summed E-state index contributed by atoms with van der Waals surface area (Å²) in [6.07, 6.45) is 4.86. The van der Waals surface area contributed by atoms with Crippen LogP contribution in [0.1, 0.15) is 36.0 Å². The van der Waals surface area contributed by atoms with Crippen molar-refractivity contribution in [3.63, 3.8) is 0 Å². The fourth-order valence-corrected chi connectivity index (χ4v) is 2.90. The van der Waals surface area contributed by atoms with E-state index in [1.54, 1.807) is 12.1 Å². The molecule has 0 aromatic heterocycles. The van der Waals surface area contributed by atoms with E-state index in [0.717, 1.165) is 31.0 Å². The maximum Gasteiger partial charge on any atom is 0.340 e. The first-order valence-electron chi connectivity index (χ1n) is 7.04. The molecule has 0 heterocycles. The lowest BCUT2D eigenvalue weighted by atomic mass is 10.1. The first kappa shape index (κ1) is 13.6. The largest absolute Gasteiger partial charge is 0.465 e. The van der Waals surface area contributed by atoms with Gasteiger partial charge in [-0.15, -0.1) is 0 Å². The van der Waals surface area contributed by atoms with Crippen molar-refractivity contribution >= 4 is 28.9 Å². The zero-order valence-electron chi connectivity index (χ0n) is 11.6. The van der Waals surface area contributed by atoms with Gasteiger partial charge in [-0.05, 0) is 43.7 Å². The number of ether oxygens (including phenoxy) is 1. The number of halogens is 1. The maximum atomic E-state index is 12.0. The van der Waals surface area contributed by atoms with Crippen molar-refractivity contribution in [3.05, 3.63) is 22.7 Å². The Bertz CT molecular complexity index is 539. The molecular formula is C15H19ClN2O2. The average Bonchev–Trinajstić information content (AvgIpc) is 3.26. The SMILES string of the molecule is COC(=O)c1cc(N)cc(Cl)c1N(CC1CC1)C1CC1. The van der Waals surface area contributed by atoms with E-state index in [0.29, 0.717) is 22.3 Å². The second-order valence-electron chi connectivity index (χ2n) is 5.72. The zero-order valence-corrected chi connectivity index (χ0v) is 12.3. The maximum absolute atomic E-state index is 12.0. The number of nitrogen functional groups attached to an aromatic ring is 1. The van der Waals surface area contributed by atoms with Crippen LogP contribution in [0.3, 0.4) is 0 Å².